The van der Waals surface area contributed by atoms with Gasteiger partial charge in [-0.2, -0.15) is 0 Å². The first-order valence-corrected chi connectivity index (χ1v) is 5.87. The van der Waals surface area contributed by atoms with Crippen LogP contribution in [0.15, 0.2) is 11.6 Å². The Morgan fingerprint density at radius 3 is 1.93 bits per heavy atom. The number of phosphoric ester groups is 1. The smallest absolute Gasteiger partial charge is 0.469 e. The first-order valence-electron chi connectivity index (χ1n) is 4.34. The van der Waals surface area contributed by atoms with Crippen molar-refractivity contribution >= 4 is 13.8 Å². The van der Waals surface area contributed by atoms with Crippen molar-refractivity contribution in [2.75, 3.05) is 6.61 Å². The molecule has 15 heavy (non-hydrogen) atoms. The number of phosphoric acid groups is 1. The molecular weight excluding hydrogens is 223 g/mol. The lowest BCUT2D eigenvalue weighted by atomic mass is 10.2. The lowest BCUT2D eigenvalue weighted by Crippen LogP contribution is -1.94. The molecule has 6 nitrogen and oxygen atoms in total. The van der Waals surface area contributed by atoms with Gasteiger partial charge in [-0.15, -0.1) is 0 Å². The molecule has 0 bridgehead atoms. The molecule has 90 valence electrons. The van der Waals surface area contributed by atoms with Gasteiger partial charge >= 0.3 is 13.8 Å². The molecule has 0 unspecified atom stereocenters. The number of hydrogen-bond donors (Lipinski definition) is 3. The first-order chi connectivity index (χ1) is 6.74. The van der Waals surface area contributed by atoms with Gasteiger partial charge in [0.2, 0.25) is 0 Å². The number of carboxylic acid groups (broad SMARTS) is 1. The Hall–Kier alpha value is -0.680. The van der Waals surface area contributed by atoms with Crippen molar-refractivity contribution < 1.29 is 28.8 Å². The summed E-state index contributed by atoms with van der Waals surface area (Å²) in [5.41, 5.74) is 0.424. The molecule has 0 aliphatic heterocycles. The third-order valence-corrected chi connectivity index (χ3v) is 1.74. The lowest BCUT2D eigenvalue weighted by molar-refractivity contribution is -0.132. The second-order valence-electron chi connectivity index (χ2n) is 2.51. The van der Waals surface area contributed by atoms with Crippen LogP contribution in [0.3, 0.4) is 0 Å². The van der Waals surface area contributed by atoms with Crippen LogP contribution in [0.5, 0.6) is 0 Å². The average Bonchev–Trinajstić information content (AvgIpc) is 2.03. The molecule has 0 aromatic heterocycles. The van der Waals surface area contributed by atoms with Crippen LogP contribution in [0.4, 0.5) is 0 Å². The van der Waals surface area contributed by atoms with E-state index in [0.717, 1.165) is 6.42 Å². The SMILES string of the molecule is CCC=C(C)C(=O)O.CCOP(=O)(O)O. The third kappa shape index (κ3) is 16.0. The van der Waals surface area contributed by atoms with Gasteiger partial charge < -0.3 is 14.9 Å². The number of allylic oxidation sites excluding steroid dienone is 1. The molecule has 7 heteroatoms. The van der Waals surface area contributed by atoms with Gasteiger partial charge in [0.25, 0.3) is 0 Å². The Morgan fingerprint density at radius 1 is 1.40 bits per heavy atom. The van der Waals surface area contributed by atoms with Gasteiger partial charge in [0, 0.05) is 5.57 Å². The lowest BCUT2D eigenvalue weighted by Gasteiger charge is -1.98. The number of aliphatic carboxylic acids is 1. The fraction of sp³-hybridized carbons (Fsp3) is 0.625. The molecule has 0 saturated heterocycles. The zero-order valence-electron chi connectivity index (χ0n) is 9.01. The van der Waals surface area contributed by atoms with E-state index in [4.69, 9.17) is 14.9 Å². The summed E-state index contributed by atoms with van der Waals surface area (Å²) < 4.78 is 13.6. The Bertz CT molecular complexity index is 254. The van der Waals surface area contributed by atoms with Crippen molar-refractivity contribution in [2.24, 2.45) is 0 Å². The van der Waals surface area contributed by atoms with Crippen molar-refractivity contribution in [2.45, 2.75) is 27.2 Å². The monoisotopic (exact) mass is 240 g/mol. The van der Waals surface area contributed by atoms with Crippen LogP contribution in [0.25, 0.3) is 0 Å². The van der Waals surface area contributed by atoms with Crippen molar-refractivity contribution in [1.82, 2.24) is 0 Å². The Kier molecular flexibility index (Phi) is 9.61. The van der Waals surface area contributed by atoms with Crippen LogP contribution >= 0.6 is 7.82 Å². The second-order valence-corrected chi connectivity index (χ2v) is 3.75. The van der Waals surface area contributed by atoms with Gasteiger partial charge in [-0.3, -0.25) is 4.52 Å². The van der Waals surface area contributed by atoms with Crippen molar-refractivity contribution in [3.8, 4) is 0 Å². The van der Waals surface area contributed by atoms with Crippen LogP contribution in [0.1, 0.15) is 27.2 Å². The largest absolute Gasteiger partial charge is 0.478 e. The normalized spacial score (nSPS) is 11.7. The van der Waals surface area contributed by atoms with Gasteiger partial charge in [-0.1, -0.05) is 13.0 Å². The summed E-state index contributed by atoms with van der Waals surface area (Å²) in [5, 5.41) is 8.24. The van der Waals surface area contributed by atoms with Gasteiger partial charge in [0.05, 0.1) is 6.61 Å². The van der Waals surface area contributed by atoms with Gasteiger partial charge in [-0.05, 0) is 20.3 Å². The molecule has 0 fully saturated rings. The maximum Gasteiger partial charge on any atom is 0.469 e. The maximum absolute atomic E-state index is 10.0. The standard InChI is InChI=1S/C6H10O2.C2H7O4P/c1-3-4-5(2)6(7)8;1-2-6-7(3,4)5/h4H,3H2,1-2H3,(H,7,8);2H2,1H3,(H2,3,4,5). The van der Waals surface area contributed by atoms with Crippen LogP contribution in [-0.4, -0.2) is 27.5 Å². The average molecular weight is 240 g/mol. The van der Waals surface area contributed by atoms with Gasteiger partial charge in [0.15, 0.2) is 0 Å². The molecule has 0 saturated carbocycles. The molecule has 0 rings (SSSR count). The molecule has 0 heterocycles. The van der Waals surface area contributed by atoms with Gasteiger partial charge in [0.1, 0.15) is 0 Å². The summed E-state index contributed by atoms with van der Waals surface area (Å²) in [4.78, 5) is 25.8. The highest BCUT2D eigenvalue weighted by molar-refractivity contribution is 7.46. The number of hydrogen-bond acceptors (Lipinski definition) is 3. The molecule has 0 aliphatic rings. The second kappa shape index (κ2) is 8.61. The Balaban J connectivity index is 0. The maximum atomic E-state index is 10.0. The molecule has 0 aromatic rings. The highest BCUT2D eigenvalue weighted by Gasteiger charge is 2.10. The van der Waals surface area contributed by atoms with Crippen molar-refractivity contribution in [1.29, 1.82) is 0 Å². The predicted molar refractivity (Wildman–Crippen MR) is 55.4 cm³/mol. The molecule has 3 N–H and O–H groups in total. The van der Waals surface area contributed by atoms with E-state index in [1.165, 1.54) is 6.92 Å². The topological polar surface area (TPSA) is 104 Å². The molecular formula is C8H17O6P. The zero-order valence-corrected chi connectivity index (χ0v) is 9.90. The molecule has 0 aliphatic carbocycles. The van der Waals surface area contributed by atoms with E-state index in [2.05, 4.69) is 4.52 Å². The highest BCUT2D eigenvalue weighted by atomic mass is 31.2. The zero-order chi connectivity index (χ0) is 12.5. The van der Waals surface area contributed by atoms with Crippen LogP contribution in [0, 0.1) is 0 Å². The number of carboxylic acids is 1. The summed E-state index contributed by atoms with van der Waals surface area (Å²) in [6, 6.07) is 0. The fourth-order valence-corrected chi connectivity index (χ4v) is 0.898. The molecule has 0 radical (unpaired) electrons. The van der Waals surface area contributed by atoms with E-state index >= 15 is 0 Å². The minimum absolute atomic E-state index is 0.0459. The van der Waals surface area contributed by atoms with Crippen LogP contribution in [0.2, 0.25) is 0 Å². The van der Waals surface area contributed by atoms with E-state index < -0.39 is 13.8 Å². The minimum atomic E-state index is -4.17. The van der Waals surface area contributed by atoms with Crippen LogP contribution in [-0.2, 0) is 13.9 Å². The Morgan fingerprint density at radius 2 is 1.87 bits per heavy atom. The fourth-order valence-electron chi connectivity index (χ4n) is 0.562. The Labute approximate surface area is 88.8 Å². The summed E-state index contributed by atoms with van der Waals surface area (Å²) in [6.45, 7) is 5.06. The van der Waals surface area contributed by atoms with E-state index in [-0.39, 0.29) is 6.61 Å². The third-order valence-electron chi connectivity index (χ3n) is 1.14. The minimum Gasteiger partial charge on any atom is -0.478 e. The van der Waals surface area contributed by atoms with Crippen LogP contribution < -0.4 is 0 Å². The molecule has 0 spiro atoms. The summed E-state index contributed by atoms with van der Waals surface area (Å²) in [5.74, 6) is -0.827. The van der Waals surface area contributed by atoms with E-state index in [0.29, 0.717) is 5.57 Å². The van der Waals surface area contributed by atoms with Gasteiger partial charge in [-0.25, -0.2) is 9.36 Å². The quantitative estimate of drug-likeness (QED) is 0.508. The summed E-state index contributed by atoms with van der Waals surface area (Å²) >= 11 is 0. The summed E-state index contributed by atoms with van der Waals surface area (Å²) in [7, 11) is -4.17. The van der Waals surface area contributed by atoms with E-state index in [1.54, 1.807) is 13.0 Å². The van der Waals surface area contributed by atoms with Crippen molar-refractivity contribution in [3.63, 3.8) is 0 Å². The molecule has 0 atom stereocenters. The van der Waals surface area contributed by atoms with Crippen molar-refractivity contribution in [3.05, 3.63) is 11.6 Å². The van der Waals surface area contributed by atoms with E-state index in [1.807, 2.05) is 6.92 Å². The summed E-state index contributed by atoms with van der Waals surface area (Å²) in [6.07, 6.45) is 2.47. The predicted octanol–water partition coefficient (Wildman–Crippen LogP) is 1.54. The van der Waals surface area contributed by atoms with E-state index in [9.17, 15) is 9.36 Å². The first kappa shape index (κ1) is 16.7. The highest BCUT2D eigenvalue weighted by Crippen LogP contribution is 2.34. The molecule has 0 amide bonds. The number of rotatable bonds is 4. The molecule has 0 aromatic carbocycles. The number of carbonyl (C=O) groups is 1.